The van der Waals surface area contributed by atoms with E-state index in [4.69, 9.17) is 18.0 Å². The number of aryl methyl sites for hydroxylation is 1. The summed E-state index contributed by atoms with van der Waals surface area (Å²) < 4.78 is 13.6. The van der Waals surface area contributed by atoms with Gasteiger partial charge in [-0.15, -0.1) is 0 Å². The quantitative estimate of drug-likeness (QED) is 0.834. The van der Waals surface area contributed by atoms with E-state index in [0.717, 1.165) is 11.4 Å². The molecule has 92 valence electrons. The number of pyridine rings is 1. The number of nitrogens with one attached hydrogen (secondary N) is 1. The van der Waals surface area contributed by atoms with Gasteiger partial charge in [0.1, 0.15) is 10.8 Å². The third-order valence-corrected chi connectivity index (χ3v) is 2.65. The topological polar surface area (TPSA) is 50.9 Å². The summed E-state index contributed by atoms with van der Waals surface area (Å²) in [5.41, 5.74) is 7.99. The molecule has 0 aliphatic rings. The molecule has 18 heavy (non-hydrogen) atoms. The van der Waals surface area contributed by atoms with E-state index in [1.54, 1.807) is 18.3 Å². The fraction of sp³-hybridized carbons (Fsp3) is 0.0769. The minimum Gasteiger partial charge on any atom is -0.389 e. The zero-order chi connectivity index (χ0) is 13.1. The van der Waals surface area contributed by atoms with E-state index in [2.05, 4.69) is 10.3 Å². The largest absolute Gasteiger partial charge is 0.389 e. The van der Waals surface area contributed by atoms with Gasteiger partial charge in [-0.2, -0.15) is 0 Å². The van der Waals surface area contributed by atoms with Crippen molar-refractivity contribution in [2.24, 2.45) is 5.73 Å². The lowest BCUT2D eigenvalue weighted by Gasteiger charge is -2.08. The van der Waals surface area contributed by atoms with Crippen LogP contribution in [0.1, 0.15) is 11.3 Å². The van der Waals surface area contributed by atoms with Crippen LogP contribution >= 0.6 is 12.2 Å². The summed E-state index contributed by atoms with van der Waals surface area (Å²) in [5, 5.41) is 3.05. The molecule has 0 amide bonds. The fourth-order valence-electron chi connectivity index (χ4n) is 1.50. The Kier molecular flexibility index (Phi) is 3.53. The first-order chi connectivity index (χ1) is 8.56. The van der Waals surface area contributed by atoms with Gasteiger partial charge in [0, 0.05) is 16.9 Å². The van der Waals surface area contributed by atoms with Crippen molar-refractivity contribution in [3.05, 3.63) is 53.6 Å². The van der Waals surface area contributed by atoms with E-state index >= 15 is 0 Å². The summed E-state index contributed by atoms with van der Waals surface area (Å²) in [4.78, 5) is 4.20. The van der Waals surface area contributed by atoms with Crippen LogP contribution in [0.4, 0.5) is 15.8 Å². The van der Waals surface area contributed by atoms with Crippen LogP contribution in [0.3, 0.4) is 0 Å². The number of thiocarbonyl (C=S) groups is 1. The molecule has 0 spiro atoms. The molecule has 0 radical (unpaired) electrons. The van der Waals surface area contributed by atoms with Gasteiger partial charge >= 0.3 is 0 Å². The molecule has 2 rings (SSSR count). The van der Waals surface area contributed by atoms with Gasteiger partial charge in [0.2, 0.25) is 0 Å². The van der Waals surface area contributed by atoms with Gasteiger partial charge in [0.15, 0.2) is 0 Å². The van der Waals surface area contributed by atoms with Crippen LogP contribution in [0.25, 0.3) is 0 Å². The summed E-state index contributed by atoms with van der Waals surface area (Å²) in [5.74, 6) is -0.437. The molecule has 0 saturated heterocycles. The number of rotatable bonds is 3. The molecule has 5 heteroatoms. The van der Waals surface area contributed by atoms with E-state index in [-0.39, 0.29) is 10.6 Å². The van der Waals surface area contributed by atoms with Gasteiger partial charge in [-0.05, 0) is 37.3 Å². The van der Waals surface area contributed by atoms with Gasteiger partial charge in [0.05, 0.1) is 11.9 Å². The molecule has 1 heterocycles. The minimum atomic E-state index is -0.437. The monoisotopic (exact) mass is 261 g/mol. The Bertz CT molecular complexity index is 581. The molecule has 1 aromatic carbocycles. The third kappa shape index (κ3) is 2.81. The van der Waals surface area contributed by atoms with E-state index in [9.17, 15) is 4.39 Å². The molecule has 0 aliphatic heterocycles. The van der Waals surface area contributed by atoms with Crippen molar-refractivity contribution in [2.45, 2.75) is 6.92 Å². The van der Waals surface area contributed by atoms with E-state index in [1.165, 1.54) is 6.07 Å². The Balaban J connectivity index is 2.22. The van der Waals surface area contributed by atoms with Crippen LogP contribution in [-0.4, -0.2) is 9.97 Å². The van der Waals surface area contributed by atoms with Crippen LogP contribution in [0.2, 0.25) is 0 Å². The normalized spacial score (nSPS) is 10.1. The summed E-state index contributed by atoms with van der Waals surface area (Å²) in [6, 6.07) is 8.39. The molecule has 0 atom stereocenters. The predicted octanol–water partition coefficient (Wildman–Crippen LogP) is 2.91. The highest BCUT2D eigenvalue weighted by molar-refractivity contribution is 7.80. The lowest BCUT2D eigenvalue weighted by atomic mass is 10.2. The maximum atomic E-state index is 13.6. The number of anilines is 2. The number of nitrogens with zero attached hydrogens (tertiary/aromatic N) is 1. The smallest absolute Gasteiger partial charge is 0.135 e. The SMILES string of the molecule is Cc1ccc(Nc2ccc(C(N)=S)c(F)c2)cn1. The van der Waals surface area contributed by atoms with Gasteiger partial charge in [0.25, 0.3) is 0 Å². The van der Waals surface area contributed by atoms with Crippen molar-refractivity contribution in [3.8, 4) is 0 Å². The number of nitrogens with two attached hydrogens (primary N) is 1. The third-order valence-electron chi connectivity index (χ3n) is 2.43. The number of halogens is 1. The van der Waals surface area contributed by atoms with Crippen LogP contribution in [0.5, 0.6) is 0 Å². The van der Waals surface area contributed by atoms with Crippen molar-refractivity contribution in [1.82, 2.24) is 4.98 Å². The van der Waals surface area contributed by atoms with E-state index in [1.807, 2.05) is 19.1 Å². The summed E-state index contributed by atoms with van der Waals surface area (Å²) >= 11 is 4.74. The Morgan fingerprint density at radius 3 is 2.56 bits per heavy atom. The van der Waals surface area contributed by atoms with E-state index in [0.29, 0.717) is 5.69 Å². The molecule has 0 aliphatic carbocycles. The molecular formula is C13H12FN3S. The molecular weight excluding hydrogens is 249 g/mol. The van der Waals surface area contributed by atoms with Gasteiger partial charge in [-0.25, -0.2) is 4.39 Å². The molecule has 3 N–H and O–H groups in total. The predicted molar refractivity (Wildman–Crippen MR) is 74.5 cm³/mol. The highest BCUT2D eigenvalue weighted by Crippen LogP contribution is 2.19. The van der Waals surface area contributed by atoms with Crippen molar-refractivity contribution in [1.29, 1.82) is 0 Å². The van der Waals surface area contributed by atoms with Crippen molar-refractivity contribution < 1.29 is 4.39 Å². The first kappa shape index (κ1) is 12.4. The standard InChI is InChI=1S/C13H12FN3S/c1-8-2-3-10(7-16-8)17-9-4-5-11(13(15)18)12(14)6-9/h2-7,17H,1H3,(H2,15,18). The molecule has 0 unspecified atom stereocenters. The number of hydrogen-bond donors (Lipinski definition) is 2. The van der Waals surface area contributed by atoms with Crippen LogP contribution in [-0.2, 0) is 0 Å². The van der Waals surface area contributed by atoms with Crippen LogP contribution in [0, 0.1) is 12.7 Å². The molecule has 0 bridgehead atoms. The first-order valence-corrected chi connectivity index (χ1v) is 5.76. The maximum absolute atomic E-state index is 13.6. The van der Waals surface area contributed by atoms with Crippen LogP contribution < -0.4 is 11.1 Å². The van der Waals surface area contributed by atoms with Crippen LogP contribution in [0.15, 0.2) is 36.5 Å². The first-order valence-electron chi connectivity index (χ1n) is 5.35. The number of aromatic nitrogens is 1. The fourth-order valence-corrected chi connectivity index (χ4v) is 1.67. The second-order valence-electron chi connectivity index (χ2n) is 3.87. The minimum absolute atomic E-state index is 0.0519. The van der Waals surface area contributed by atoms with Gasteiger partial charge in [-0.1, -0.05) is 12.2 Å². The van der Waals surface area contributed by atoms with Gasteiger partial charge < -0.3 is 11.1 Å². The second-order valence-corrected chi connectivity index (χ2v) is 4.31. The Morgan fingerprint density at radius 2 is 2.00 bits per heavy atom. The summed E-state index contributed by atoms with van der Waals surface area (Å²) in [6.07, 6.45) is 1.69. The molecule has 1 aromatic heterocycles. The molecule has 3 nitrogen and oxygen atoms in total. The Hall–Kier alpha value is -2.01. The molecule has 2 aromatic rings. The highest BCUT2D eigenvalue weighted by Gasteiger charge is 2.06. The average molecular weight is 261 g/mol. The number of benzene rings is 1. The van der Waals surface area contributed by atoms with Crippen molar-refractivity contribution >= 4 is 28.6 Å². The van der Waals surface area contributed by atoms with Gasteiger partial charge in [-0.3, -0.25) is 4.98 Å². The average Bonchev–Trinajstić information content (AvgIpc) is 2.32. The number of hydrogen-bond acceptors (Lipinski definition) is 3. The molecule has 0 saturated carbocycles. The zero-order valence-electron chi connectivity index (χ0n) is 9.77. The zero-order valence-corrected chi connectivity index (χ0v) is 10.6. The Morgan fingerprint density at radius 1 is 1.28 bits per heavy atom. The highest BCUT2D eigenvalue weighted by atomic mass is 32.1. The Labute approximate surface area is 110 Å². The summed E-state index contributed by atoms with van der Waals surface area (Å²) in [6.45, 7) is 1.90. The lowest BCUT2D eigenvalue weighted by Crippen LogP contribution is -2.11. The lowest BCUT2D eigenvalue weighted by molar-refractivity contribution is 0.626. The molecule has 0 fully saturated rings. The second kappa shape index (κ2) is 5.10. The van der Waals surface area contributed by atoms with E-state index < -0.39 is 5.82 Å². The maximum Gasteiger partial charge on any atom is 0.135 e. The van der Waals surface area contributed by atoms with Crippen molar-refractivity contribution in [2.75, 3.05) is 5.32 Å². The summed E-state index contributed by atoms with van der Waals surface area (Å²) in [7, 11) is 0. The van der Waals surface area contributed by atoms with Crippen molar-refractivity contribution in [3.63, 3.8) is 0 Å².